The zero-order valence-electron chi connectivity index (χ0n) is 45.1. The maximum atomic E-state index is 13.4. The lowest BCUT2D eigenvalue weighted by atomic mass is 10.1. The molecule has 3 rings (SSSR count). The second-order valence-corrected chi connectivity index (χ2v) is 21.1. The summed E-state index contributed by atoms with van der Waals surface area (Å²) in [5.74, 6) is -1.82. The minimum atomic E-state index is -5.20. The Morgan fingerprint density at radius 2 is 0.824 bits per heavy atom. The molecule has 1 heterocycles. The van der Waals surface area contributed by atoms with Gasteiger partial charge in [0.05, 0.1) is 13.2 Å². The maximum Gasteiger partial charge on any atom is 0.473 e. The number of benzene rings is 2. The van der Waals surface area contributed by atoms with E-state index in [9.17, 15) is 37.1 Å². The van der Waals surface area contributed by atoms with Gasteiger partial charge in [0.15, 0.2) is 0 Å². The number of hydrogen-bond acceptors (Lipinski definition) is 13. The van der Waals surface area contributed by atoms with E-state index in [2.05, 4.69) is 4.99 Å². The highest BCUT2D eigenvalue weighted by atomic mass is 19.4. The van der Waals surface area contributed by atoms with E-state index in [1.807, 2.05) is 0 Å². The van der Waals surface area contributed by atoms with Gasteiger partial charge >= 0.3 is 36.5 Å². The molecule has 0 aliphatic heterocycles. The standard InChI is InChI=1S/C51H74F3N9O11/c1-47(2,3)71-43(65)58(13)27-31-62(45(67)73-49(7,8)9)39(55)35-17-21-37(22-18-35)69-33-15-25-60-29-30-61(42(60)57-41(64)51(52,53)54)26-16-34-70-38-23-19-36(20-24-38)40(56)63(46(68)74-50(10,11)12)32-28-59(14)44(66)72-48(4,5)6/h17-24,29-30,55-56H,15-16,25-28,31-34H2,1-14H3. The molecule has 0 bridgehead atoms. The van der Waals surface area contributed by atoms with Gasteiger partial charge in [-0.25, -0.2) is 19.2 Å². The van der Waals surface area contributed by atoms with Gasteiger partial charge in [0.2, 0.25) is 5.62 Å². The van der Waals surface area contributed by atoms with Crippen molar-refractivity contribution in [3.05, 3.63) is 77.7 Å². The van der Waals surface area contributed by atoms with Crippen molar-refractivity contribution in [1.29, 1.82) is 10.8 Å². The van der Waals surface area contributed by atoms with Gasteiger partial charge in [-0.1, -0.05) is 0 Å². The highest BCUT2D eigenvalue weighted by Gasteiger charge is 2.39. The number of amidine groups is 2. The quantitative estimate of drug-likeness (QED) is 0.0529. The Hall–Kier alpha value is -7.07. The first-order valence-corrected chi connectivity index (χ1v) is 24.0. The molecule has 0 saturated carbocycles. The topological polar surface area (TPSA) is 224 Å². The number of rotatable bonds is 18. The number of alkyl halides is 3. The molecule has 2 aromatic carbocycles. The molecule has 1 aromatic heterocycles. The molecule has 74 heavy (non-hydrogen) atoms. The summed E-state index contributed by atoms with van der Waals surface area (Å²) in [6.07, 6.45) is -4.35. The SMILES string of the molecule is CN(CCN(C(=N)c1ccc(OCCCn2ccn(CCCOc3ccc(C(=N)N(CCN(C)C(=O)OC(C)(C)C)C(=O)OC(C)(C)C)cc3)c2=NC(=O)C(F)(F)F)cc1)C(=O)OC(C)(C)C)C(=O)OC(C)(C)C. The molecular formula is C51H74F3N9O11. The molecule has 23 heteroatoms. The zero-order chi connectivity index (χ0) is 56.0. The fraction of sp³-hybridized carbons (Fsp3) is 0.569. The molecule has 5 amide bonds. The summed E-state index contributed by atoms with van der Waals surface area (Å²) in [6.45, 7) is 21.0. The molecule has 0 spiro atoms. The third kappa shape index (κ3) is 21.2. The van der Waals surface area contributed by atoms with Gasteiger partial charge in [0.1, 0.15) is 45.6 Å². The van der Waals surface area contributed by atoms with E-state index >= 15 is 0 Å². The summed E-state index contributed by atoms with van der Waals surface area (Å²) < 4.78 is 76.8. The normalized spacial score (nSPS) is 12.0. The smallest absolute Gasteiger partial charge is 0.473 e. The molecule has 0 aliphatic carbocycles. The lowest BCUT2D eigenvalue weighted by molar-refractivity contribution is -0.169. The number of halogens is 3. The Morgan fingerprint density at radius 3 is 1.12 bits per heavy atom. The fourth-order valence-corrected chi connectivity index (χ4v) is 6.26. The minimum absolute atomic E-state index is 0.0416. The maximum absolute atomic E-state index is 13.4. The molecule has 0 fully saturated rings. The van der Waals surface area contributed by atoms with Crippen molar-refractivity contribution in [1.82, 2.24) is 28.7 Å². The van der Waals surface area contributed by atoms with Crippen molar-refractivity contribution < 1.29 is 65.6 Å². The average molecular weight is 1050 g/mol. The monoisotopic (exact) mass is 1050 g/mol. The number of carbonyl (C=O) groups is 5. The summed E-state index contributed by atoms with van der Waals surface area (Å²) >= 11 is 0. The summed E-state index contributed by atoms with van der Waals surface area (Å²) in [6, 6.07) is 12.7. The van der Waals surface area contributed by atoms with Crippen molar-refractivity contribution in [2.75, 3.05) is 53.5 Å². The van der Waals surface area contributed by atoms with Crippen LogP contribution in [0.4, 0.5) is 32.3 Å². The van der Waals surface area contributed by atoms with E-state index in [0.29, 0.717) is 35.5 Å². The third-order valence-electron chi connectivity index (χ3n) is 9.76. The van der Waals surface area contributed by atoms with E-state index < -0.39 is 58.9 Å². The number of amides is 5. The van der Waals surface area contributed by atoms with Crippen LogP contribution in [0.5, 0.6) is 11.5 Å². The van der Waals surface area contributed by atoms with E-state index in [1.165, 1.54) is 45.4 Å². The first-order valence-electron chi connectivity index (χ1n) is 24.0. The Kier molecular flexibility index (Phi) is 21.3. The van der Waals surface area contributed by atoms with Crippen LogP contribution in [0.25, 0.3) is 0 Å². The first-order chi connectivity index (χ1) is 34.0. The molecule has 0 saturated heterocycles. The molecule has 0 unspecified atom stereocenters. The van der Waals surface area contributed by atoms with Crippen LogP contribution >= 0.6 is 0 Å². The van der Waals surface area contributed by atoms with E-state index in [1.54, 1.807) is 132 Å². The van der Waals surface area contributed by atoms with Gasteiger partial charge in [-0.3, -0.25) is 25.4 Å². The number of hydrogen-bond donors (Lipinski definition) is 2. The molecule has 0 atom stereocenters. The van der Waals surface area contributed by atoms with Crippen LogP contribution < -0.4 is 15.1 Å². The van der Waals surface area contributed by atoms with E-state index in [0.717, 1.165) is 9.80 Å². The Morgan fingerprint density at radius 1 is 0.514 bits per heavy atom. The Balaban J connectivity index is 1.65. The van der Waals surface area contributed by atoms with Crippen LogP contribution in [0.3, 0.4) is 0 Å². The van der Waals surface area contributed by atoms with Crippen molar-refractivity contribution in [2.45, 2.75) is 138 Å². The van der Waals surface area contributed by atoms with Crippen molar-refractivity contribution in [3.63, 3.8) is 0 Å². The summed E-state index contributed by atoms with van der Waals surface area (Å²) in [4.78, 5) is 71.9. The van der Waals surface area contributed by atoms with Crippen LogP contribution in [-0.2, 0) is 36.8 Å². The van der Waals surface area contributed by atoms with Crippen LogP contribution in [-0.4, -0.2) is 153 Å². The van der Waals surface area contributed by atoms with Crippen molar-refractivity contribution in [3.8, 4) is 11.5 Å². The number of imidazole rings is 1. The number of nitrogens with zero attached hydrogens (tertiary/aromatic N) is 7. The van der Waals surface area contributed by atoms with Gasteiger partial charge < -0.3 is 47.4 Å². The van der Waals surface area contributed by atoms with Crippen LogP contribution in [0.1, 0.15) is 107 Å². The molecule has 410 valence electrons. The predicted molar refractivity (Wildman–Crippen MR) is 269 cm³/mol. The van der Waals surface area contributed by atoms with E-state index in [-0.39, 0.29) is 69.8 Å². The lowest BCUT2D eigenvalue weighted by Crippen LogP contribution is -2.45. The number of nitrogens with one attached hydrogen (secondary N) is 2. The Bertz CT molecular complexity index is 2330. The average Bonchev–Trinajstić information content (AvgIpc) is 3.64. The fourth-order valence-electron chi connectivity index (χ4n) is 6.26. The third-order valence-corrected chi connectivity index (χ3v) is 9.76. The molecule has 3 aromatic rings. The van der Waals surface area contributed by atoms with Gasteiger partial charge in [0.25, 0.3) is 0 Å². The lowest BCUT2D eigenvalue weighted by Gasteiger charge is -2.30. The summed E-state index contributed by atoms with van der Waals surface area (Å²) in [7, 11) is 3.04. The first kappa shape index (κ1) is 61.2. The number of likely N-dealkylation sites (N-methyl/N-ethyl adjacent to an activating group) is 2. The van der Waals surface area contributed by atoms with Crippen LogP contribution in [0.2, 0.25) is 0 Å². The molecular weight excluding hydrogens is 972 g/mol. The summed E-state index contributed by atoms with van der Waals surface area (Å²) in [5, 5.41) is 17.7. The number of aryl methyl sites for hydroxylation is 2. The van der Waals surface area contributed by atoms with Crippen molar-refractivity contribution >= 4 is 42.0 Å². The number of aromatic nitrogens is 2. The van der Waals surface area contributed by atoms with Gasteiger partial charge in [0, 0.05) is 76.9 Å². The highest BCUT2D eigenvalue weighted by Crippen LogP contribution is 2.21. The highest BCUT2D eigenvalue weighted by molar-refractivity contribution is 6.05. The molecule has 0 aliphatic rings. The predicted octanol–water partition coefficient (Wildman–Crippen LogP) is 9.08. The summed E-state index contributed by atoms with van der Waals surface area (Å²) in [5.41, 5.74) is -2.71. The second-order valence-electron chi connectivity index (χ2n) is 21.1. The van der Waals surface area contributed by atoms with Crippen molar-refractivity contribution in [2.24, 2.45) is 4.99 Å². The number of ether oxygens (including phenoxy) is 6. The zero-order valence-corrected chi connectivity index (χ0v) is 45.1. The minimum Gasteiger partial charge on any atom is -0.494 e. The van der Waals surface area contributed by atoms with E-state index in [4.69, 9.17) is 39.2 Å². The van der Waals surface area contributed by atoms with Crippen LogP contribution in [0, 0.1) is 10.8 Å². The van der Waals surface area contributed by atoms with Gasteiger partial charge in [-0.2, -0.15) is 18.2 Å². The van der Waals surface area contributed by atoms with Crippen LogP contribution in [0.15, 0.2) is 65.9 Å². The molecule has 2 N–H and O–H groups in total. The van der Waals surface area contributed by atoms with Gasteiger partial charge in [-0.15, -0.1) is 0 Å². The molecule has 20 nitrogen and oxygen atoms in total. The largest absolute Gasteiger partial charge is 0.494 e. The Labute approximate surface area is 431 Å². The second kappa shape index (κ2) is 25.7. The van der Waals surface area contributed by atoms with Gasteiger partial charge in [-0.05, 0) is 144 Å². The number of carbonyl (C=O) groups excluding carboxylic acids is 5. The molecule has 0 radical (unpaired) electrons.